The average molecular weight is 630 g/mol. The van der Waals surface area contributed by atoms with Gasteiger partial charge in [-0.1, -0.05) is 127 Å². The van der Waals surface area contributed by atoms with Crippen LogP contribution < -0.4 is 0 Å². The maximum atomic E-state index is 5.29. The van der Waals surface area contributed by atoms with Crippen molar-refractivity contribution < 1.29 is 0 Å². The standard InChI is InChI=1S/C44H27N3S/c1-3-14-29(15-4-1)37-27-38(30-16-5-2-6-17-30)46-44(45-37)36-26-31(25-35-33-19-10-12-22-41(33)48-43(35)36)47-39-21-11-9-20-34(39)42-32-18-8-7-13-28(32)23-24-40(42)47/h1-27H. The van der Waals surface area contributed by atoms with Crippen LogP contribution in [0.5, 0.6) is 0 Å². The third kappa shape index (κ3) is 4.20. The molecule has 0 spiro atoms. The van der Waals surface area contributed by atoms with E-state index in [9.17, 15) is 0 Å². The molecule has 0 aliphatic rings. The van der Waals surface area contributed by atoms with Crippen molar-refractivity contribution in [3.63, 3.8) is 0 Å². The molecule has 0 amide bonds. The van der Waals surface area contributed by atoms with E-state index in [1.165, 1.54) is 52.8 Å². The summed E-state index contributed by atoms with van der Waals surface area (Å²) >= 11 is 1.81. The largest absolute Gasteiger partial charge is 0.309 e. The highest BCUT2D eigenvalue weighted by Crippen LogP contribution is 2.44. The number of para-hydroxylation sites is 1. The molecule has 3 aromatic heterocycles. The van der Waals surface area contributed by atoms with Gasteiger partial charge in [-0.2, -0.15) is 0 Å². The molecule has 0 bridgehead atoms. The van der Waals surface area contributed by atoms with Gasteiger partial charge in [-0.25, -0.2) is 9.97 Å². The normalized spacial score (nSPS) is 11.8. The van der Waals surface area contributed by atoms with Crippen LogP contribution in [0.2, 0.25) is 0 Å². The number of rotatable bonds is 4. The van der Waals surface area contributed by atoms with Crippen molar-refractivity contribution in [2.75, 3.05) is 0 Å². The Bertz CT molecular complexity index is 2770. The quantitative estimate of drug-likeness (QED) is 0.194. The molecule has 3 nitrogen and oxygen atoms in total. The van der Waals surface area contributed by atoms with Crippen LogP contribution in [0.3, 0.4) is 0 Å². The van der Waals surface area contributed by atoms with Gasteiger partial charge in [0.2, 0.25) is 0 Å². The Labute approximate surface area is 281 Å². The molecule has 224 valence electrons. The van der Waals surface area contributed by atoms with Gasteiger partial charge in [-0.15, -0.1) is 11.3 Å². The molecule has 7 aromatic carbocycles. The first kappa shape index (κ1) is 27.1. The van der Waals surface area contributed by atoms with Crippen LogP contribution in [0.4, 0.5) is 0 Å². The van der Waals surface area contributed by atoms with Crippen molar-refractivity contribution in [3.8, 4) is 39.6 Å². The smallest absolute Gasteiger partial charge is 0.161 e. The predicted molar refractivity (Wildman–Crippen MR) is 203 cm³/mol. The Morgan fingerprint density at radius 3 is 1.83 bits per heavy atom. The second-order valence-corrected chi connectivity index (χ2v) is 13.2. The number of hydrogen-bond donors (Lipinski definition) is 0. The Morgan fingerprint density at radius 2 is 1.08 bits per heavy atom. The van der Waals surface area contributed by atoms with Gasteiger partial charge in [0.15, 0.2) is 5.82 Å². The van der Waals surface area contributed by atoms with Crippen LogP contribution in [0.15, 0.2) is 164 Å². The summed E-state index contributed by atoms with van der Waals surface area (Å²) in [6, 6.07) is 58.3. The maximum Gasteiger partial charge on any atom is 0.161 e. The van der Waals surface area contributed by atoms with Crippen LogP contribution in [0.25, 0.3) is 92.3 Å². The Balaban J connectivity index is 1.32. The summed E-state index contributed by atoms with van der Waals surface area (Å²) in [5.74, 6) is 0.722. The Kier molecular flexibility index (Phi) is 6.05. The lowest BCUT2D eigenvalue weighted by molar-refractivity contribution is 1.17. The third-order valence-electron chi connectivity index (χ3n) is 9.39. The van der Waals surface area contributed by atoms with Crippen molar-refractivity contribution >= 4 is 64.1 Å². The zero-order chi connectivity index (χ0) is 31.6. The fourth-order valence-electron chi connectivity index (χ4n) is 7.21. The lowest BCUT2D eigenvalue weighted by Gasteiger charge is -2.14. The first-order valence-electron chi connectivity index (χ1n) is 16.2. The molecule has 0 saturated carbocycles. The van der Waals surface area contributed by atoms with E-state index < -0.39 is 0 Å². The molecule has 4 heteroatoms. The van der Waals surface area contributed by atoms with Crippen LogP contribution in [-0.4, -0.2) is 14.5 Å². The summed E-state index contributed by atoms with van der Waals surface area (Å²) in [5.41, 5.74) is 8.43. The molecule has 0 fully saturated rings. The van der Waals surface area contributed by atoms with Crippen LogP contribution in [0, 0.1) is 0 Å². The lowest BCUT2D eigenvalue weighted by Crippen LogP contribution is -1.99. The molecule has 10 aromatic rings. The zero-order valence-electron chi connectivity index (χ0n) is 25.8. The zero-order valence-corrected chi connectivity index (χ0v) is 26.7. The highest BCUT2D eigenvalue weighted by molar-refractivity contribution is 7.26. The first-order valence-corrected chi connectivity index (χ1v) is 17.0. The monoisotopic (exact) mass is 629 g/mol. The van der Waals surface area contributed by atoms with Gasteiger partial charge >= 0.3 is 0 Å². The molecule has 0 unspecified atom stereocenters. The topological polar surface area (TPSA) is 30.7 Å². The molecule has 10 rings (SSSR count). The van der Waals surface area contributed by atoms with Gasteiger partial charge in [0, 0.05) is 53.3 Å². The molecular formula is C44H27N3S. The van der Waals surface area contributed by atoms with Crippen LogP contribution in [-0.2, 0) is 0 Å². The van der Waals surface area contributed by atoms with Crippen molar-refractivity contribution in [1.29, 1.82) is 0 Å². The summed E-state index contributed by atoms with van der Waals surface area (Å²) in [7, 11) is 0. The molecule has 0 atom stereocenters. The number of nitrogens with zero attached hydrogens (tertiary/aromatic N) is 3. The second kappa shape index (κ2) is 10.7. The summed E-state index contributed by atoms with van der Waals surface area (Å²) in [5, 5.41) is 7.48. The van der Waals surface area contributed by atoms with E-state index >= 15 is 0 Å². The van der Waals surface area contributed by atoms with Crippen LogP contribution >= 0.6 is 11.3 Å². The Hall–Kier alpha value is -6.10. The minimum atomic E-state index is 0.722. The number of fused-ring (bicyclic) bond motifs is 8. The predicted octanol–water partition coefficient (Wildman–Crippen LogP) is 12.1. The number of benzene rings is 7. The summed E-state index contributed by atoms with van der Waals surface area (Å²) < 4.78 is 4.86. The molecular weight excluding hydrogens is 603 g/mol. The van der Waals surface area contributed by atoms with Gasteiger partial charge in [0.05, 0.1) is 22.4 Å². The number of thiophene rings is 1. The lowest BCUT2D eigenvalue weighted by atomic mass is 10.0. The van der Waals surface area contributed by atoms with E-state index in [0.29, 0.717) is 0 Å². The van der Waals surface area contributed by atoms with Gasteiger partial charge in [-0.3, -0.25) is 0 Å². The van der Waals surface area contributed by atoms with Crippen molar-refractivity contribution in [2.45, 2.75) is 0 Å². The molecule has 0 aliphatic heterocycles. The molecule has 0 radical (unpaired) electrons. The van der Waals surface area contributed by atoms with E-state index in [0.717, 1.165) is 39.6 Å². The SMILES string of the molecule is c1ccc(-c2cc(-c3ccccc3)nc(-c3cc(-n4c5ccccc5c5c6ccccc6ccc54)cc4c3sc3ccccc34)n2)cc1. The summed E-state index contributed by atoms with van der Waals surface area (Å²) in [4.78, 5) is 10.6. The number of hydrogen-bond acceptors (Lipinski definition) is 3. The van der Waals surface area contributed by atoms with Crippen LogP contribution in [0.1, 0.15) is 0 Å². The van der Waals surface area contributed by atoms with E-state index in [1.54, 1.807) is 0 Å². The summed E-state index contributed by atoms with van der Waals surface area (Å²) in [6.45, 7) is 0. The Morgan fingerprint density at radius 1 is 0.458 bits per heavy atom. The highest BCUT2D eigenvalue weighted by Gasteiger charge is 2.20. The molecule has 3 heterocycles. The van der Waals surface area contributed by atoms with Gasteiger partial charge in [-0.05, 0) is 47.2 Å². The molecule has 0 saturated heterocycles. The molecule has 48 heavy (non-hydrogen) atoms. The molecule has 0 N–H and O–H groups in total. The van der Waals surface area contributed by atoms with E-state index in [4.69, 9.17) is 9.97 Å². The van der Waals surface area contributed by atoms with Gasteiger partial charge < -0.3 is 4.57 Å². The van der Waals surface area contributed by atoms with Gasteiger partial charge in [0.25, 0.3) is 0 Å². The second-order valence-electron chi connectivity index (χ2n) is 12.2. The molecule has 0 aliphatic carbocycles. The first-order chi connectivity index (χ1) is 23.8. The minimum absolute atomic E-state index is 0.722. The van der Waals surface area contributed by atoms with Crippen molar-refractivity contribution in [3.05, 3.63) is 164 Å². The van der Waals surface area contributed by atoms with E-state index in [-0.39, 0.29) is 0 Å². The fourth-order valence-corrected chi connectivity index (χ4v) is 8.40. The highest BCUT2D eigenvalue weighted by atomic mass is 32.1. The third-order valence-corrected chi connectivity index (χ3v) is 10.6. The fraction of sp³-hybridized carbons (Fsp3) is 0. The summed E-state index contributed by atoms with van der Waals surface area (Å²) in [6.07, 6.45) is 0. The van der Waals surface area contributed by atoms with E-state index in [1.807, 2.05) is 23.5 Å². The average Bonchev–Trinajstić information content (AvgIpc) is 3.71. The van der Waals surface area contributed by atoms with E-state index in [2.05, 4.69) is 156 Å². The maximum absolute atomic E-state index is 5.29. The van der Waals surface area contributed by atoms with Crippen molar-refractivity contribution in [2.24, 2.45) is 0 Å². The number of aromatic nitrogens is 3. The van der Waals surface area contributed by atoms with Crippen molar-refractivity contribution in [1.82, 2.24) is 14.5 Å². The van der Waals surface area contributed by atoms with Gasteiger partial charge in [0.1, 0.15) is 0 Å². The minimum Gasteiger partial charge on any atom is -0.309 e.